The van der Waals surface area contributed by atoms with E-state index in [9.17, 15) is 18.0 Å². The van der Waals surface area contributed by atoms with E-state index in [1.54, 1.807) is 22.8 Å². The minimum Gasteiger partial charge on any atom is -0.447 e. The number of nitrogens with zero attached hydrogens (tertiary/aromatic N) is 4. The number of hydrogen-bond acceptors (Lipinski definition) is 6. The van der Waals surface area contributed by atoms with Crippen molar-refractivity contribution in [2.24, 2.45) is 0 Å². The van der Waals surface area contributed by atoms with Gasteiger partial charge in [0.05, 0.1) is 17.0 Å². The van der Waals surface area contributed by atoms with E-state index in [1.165, 1.54) is 24.1 Å². The van der Waals surface area contributed by atoms with Crippen LogP contribution in [0, 0.1) is 0 Å². The zero-order chi connectivity index (χ0) is 25.0. The van der Waals surface area contributed by atoms with Gasteiger partial charge in [0.15, 0.2) is 16.7 Å². The summed E-state index contributed by atoms with van der Waals surface area (Å²) < 4.78 is 47.1. The molecule has 1 unspecified atom stereocenters. The monoisotopic (exact) mass is 501 g/mol. The molecule has 0 saturated carbocycles. The van der Waals surface area contributed by atoms with Crippen LogP contribution in [0.3, 0.4) is 0 Å². The van der Waals surface area contributed by atoms with Gasteiger partial charge in [0, 0.05) is 11.6 Å². The van der Waals surface area contributed by atoms with Gasteiger partial charge in [-0.25, -0.2) is 4.98 Å². The number of thioether (sulfide) groups is 1. The van der Waals surface area contributed by atoms with E-state index in [2.05, 4.69) is 20.5 Å². The lowest BCUT2D eigenvalue weighted by atomic mass is 10.1. The molecule has 7 nitrogen and oxygen atoms in total. The molecular weight excluding hydrogens is 479 g/mol. The number of carbonyl (C=O) groups is 1. The molecule has 4 rings (SSSR count). The fraction of sp³-hybridized carbons (Fsp3) is 0.250. The maximum atomic E-state index is 13.4. The Morgan fingerprint density at radius 2 is 1.91 bits per heavy atom. The van der Waals surface area contributed by atoms with E-state index in [0.717, 1.165) is 18.6 Å². The third-order valence-corrected chi connectivity index (χ3v) is 6.11. The average Bonchev–Trinajstić information content (AvgIpc) is 3.50. The third kappa shape index (κ3) is 5.73. The van der Waals surface area contributed by atoms with Crippen molar-refractivity contribution < 1.29 is 22.4 Å². The van der Waals surface area contributed by atoms with Gasteiger partial charge in [-0.3, -0.25) is 9.36 Å². The first kappa shape index (κ1) is 24.5. The van der Waals surface area contributed by atoms with Crippen LogP contribution < -0.4 is 5.32 Å². The number of amides is 1. The molecule has 4 aromatic rings. The molecule has 1 N–H and O–H groups in total. The van der Waals surface area contributed by atoms with E-state index in [4.69, 9.17) is 4.42 Å². The SMILES string of the molecule is CCC(C)NC(=O)c1coc(CSc2nnc(-c3ccccc3)n2-c2cccc(C(F)(F)F)c2)n1. The molecule has 0 radical (unpaired) electrons. The number of aromatic nitrogens is 4. The fourth-order valence-electron chi connectivity index (χ4n) is 3.20. The van der Waals surface area contributed by atoms with Crippen molar-refractivity contribution in [3.63, 3.8) is 0 Å². The summed E-state index contributed by atoms with van der Waals surface area (Å²) in [7, 11) is 0. The molecule has 2 aromatic carbocycles. The Morgan fingerprint density at radius 1 is 1.14 bits per heavy atom. The largest absolute Gasteiger partial charge is 0.447 e. The number of benzene rings is 2. The van der Waals surface area contributed by atoms with Crippen LogP contribution in [0.15, 0.2) is 70.4 Å². The summed E-state index contributed by atoms with van der Waals surface area (Å²) >= 11 is 1.19. The second kappa shape index (κ2) is 10.3. The van der Waals surface area contributed by atoms with Crippen molar-refractivity contribution in [1.82, 2.24) is 25.1 Å². The average molecular weight is 502 g/mol. The summed E-state index contributed by atoms with van der Waals surface area (Å²) in [5.41, 5.74) is 0.352. The summed E-state index contributed by atoms with van der Waals surface area (Å²) in [6.07, 6.45) is -2.43. The Hall–Kier alpha value is -3.60. The number of nitrogens with one attached hydrogen (secondary N) is 1. The fourth-order valence-corrected chi connectivity index (χ4v) is 4.00. The highest BCUT2D eigenvalue weighted by Crippen LogP contribution is 2.34. The van der Waals surface area contributed by atoms with E-state index in [0.29, 0.717) is 16.5 Å². The standard InChI is InChI=1S/C24H22F3N5O2S/c1-3-15(2)28-22(33)19-13-34-20(29-19)14-35-23-31-30-21(16-8-5-4-6-9-16)32(23)18-11-7-10-17(12-18)24(25,26)27/h4-13,15H,3,14H2,1-2H3,(H,28,33). The van der Waals surface area contributed by atoms with Crippen LogP contribution in [0.4, 0.5) is 13.2 Å². The van der Waals surface area contributed by atoms with E-state index < -0.39 is 11.7 Å². The minimum absolute atomic E-state index is 0.000513. The normalized spacial score (nSPS) is 12.5. The summed E-state index contributed by atoms with van der Waals surface area (Å²) in [4.78, 5) is 16.5. The number of alkyl halides is 3. The number of carbonyl (C=O) groups excluding carboxylic acids is 1. The van der Waals surface area contributed by atoms with Gasteiger partial charge in [-0.05, 0) is 31.5 Å². The quantitative estimate of drug-likeness (QED) is 0.309. The van der Waals surface area contributed by atoms with E-state index >= 15 is 0 Å². The Balaban J connectivity index is 1.63. The summed E-state index contributed by atoms with van der Waals surface area (Å²) in [6, 6.07) is 14.1. The molecule has 0 bridgehead atoms. The number of oxazole rings is 1. The van der Waals surface area contributed by atoms with Crippen molar-refractivity contribution in [1.29, 1.82) is 0 Å². The molecule has 182 valence electrons. The Labute approximate surface area is 203 Å². The highest BCUT2D eigenvalue weighted by Gasteiger charge is 2.31. The predicted molar refractivity (Wildman–Crippen MR) is 125 cm³/mol. The van der Waals surface area contributed by atoms with Crippen molar-refractivity contribution >= 4 is 17.7 Å². The molecular formula is C24H22F3N5O2S. The topological polar surface area (TPSA) is 85.8 Å². The zero-order valence-corrected chi connectivity index (χ0v) is 19.7. The lowest BCUT2D eigenvalue weighted by Gasteiger charge is -2.13. The Morgan fingerprint density at radius 3 is 2.63 bits per heavy atom. The van der Waals surface area contributed by atoms with Crippen LogP contribution >= 0.6 is 11.8 Å². The van der Waals surface area contributed by atoms with Crippen molar-refractivity contribution in [2.75, 3.05) is 0 Å². The molecule has 1 atom stereocenters. The first-order valence-corrected chi connectivity index (χ1v) is 11.8. The van der Waals surface area contributed by atoms with Crippen molar-refractivity contribution in [3.8, 4) is 17.1 Å². The van der Waals surface area contributed by atoms with Gasteiger partial charge in [0.25, 0.3) is 5.91 Å². The van der Waals surface area contributed by atoms with Gasteiger partial charge >= 0.3 is 6.18 Å². The number of halogens is 3. The summed E-state index contributed by atoms with van der Waals surface area (Å²) in [5.74, 6) is 0.540. The van der Waals surface area contributed by atoms with Crippen molar-refractivity contribution in [2.45, 2.75) is 43.4 Å². The molecule has 35 heavy (non-hydrogen) atoms. The van der Waals surface area contributed by atoms with Crippen LogP contribution in [0.2, 0.25) is 0 Å². The number of hydrogen-bond donors (Lipinski definition) is 1. The number of rotatable bonds is 8. The molecule has 2 heterocycles. The second-order valence-corrected chi connectivity index (χ2v) is 8.70. The molecule has 0 aliphatic carbocycles. The molecule has 1 amide bonds. The molecule has 11 heteroatoms. The van der Waals surface area contributed by atoms with Crippen LogP contribution in [-0.2, 0) is 11.9 Å². The molecule has 0 saturated heterocycles. The highest BCUT2D eigenvalue weighted by atomic mass is 32.2. The summed E-state index contributed by atoms with van der Waals surface area (Å²) in [5, 5.41) is 11.6. The zero-order valence-electron chi connectivity index (χ0n) is 18.9. The molecule has 2 aromatic heterocycles. The molecule has 0 spiro atoms. The van der Waals surface area contributed by atoms with Gasteiger partial charge < -0.3 is 9.73 Å². The van der Waals surface area contributed by atoms with Crippen molar-refractivity contribution in [3.05, 3.63) is 78.0 Å². The van der Waals surface area contributed by atoms with Crippen LogP contribution in [0.5, 0.6) is 0 Å². The molecule has 0 fully saturated rings. The first-order valence-electron chi connectivity index (χ1n) is 10.8. The predicted octanol–water partition coefficient (Wildman–Crippen LogP) is 5.76. The Kier molecular flexibility index (Phi) is 7.25. The molecule has 0 aliphatic rings. The van der Waals surface area contributed by atoms with Gasteiger partial charge in [0.1, 0.15) is 6.26 Å². The maximum Gasteiger partial charge on any atom is 0.416 e. The maximum absolute atomic E-state index is 13.4. The summed E-state index contributed by atoms with van der Waals surface area (Å²) in [6.45, 7) is 3.85. The lowest BCUT2D eigenvalue weighted by Crippen LogP contribution is -2.32. The first-order chi connectivity index (χ1) is 16.8. The lowest BCUT2D eigenvalue weighted by molar-refractivity contribution is -0.137. The Bertz CT molecular complexity index is 1300. The van der Waals surface area contributed by atoms with Crippen LogP contribution in [0.1, 0.15) is 42.2 Å². The van der Waals surface area contributed by atoms with Crippen LogP contribution in [0.25, 0.3) is 17.1 Å². The van der Waals surface area contributed by atoms with Gasteiger partial charge in [0.2, 0.25) is 5.89 Å². The second-order valence-electron chi connectivity index (χ2n) is 7.75. The smallest absolute Gasteiger partial charge is 0.416 e. The minimum atomic E-state index is -4.49. The van der Waals surface area contributed by atoms with Crippen LogP contribution in [-0.4, -0.2) is 31.7 Å². The molecule has 0 aliphatic heterocycles. The van der Waals surface area contributed by atoms with Gasteiger partial charge in [-0.2, -0.15) is 13.2 Å². The van der Waals surface area contributed by atoms with E-state index in [1.807, 2.05) is 32.0 Å². The van der Waals surface area contributed by atoms with Gasteiger partial charge in [-0.15, -0.1) is 10.2 Å². The van der Waals surface area contributed by atoms with Gasteiger partial charge in [-0.1, -0.05) is 55.1 Å². The van der Waals surface area contributed by atoms with E-state index in [-0.39, 0.29) is 35.0 Å². The third-order valence-electron chi connectivity index (χ3n) is 5.20. The highest BCUT2D eigenvalue weighted by molar-refractivity contribution is 7.98.